The summed E-state index contributed by atoms with van der Waals surface area (Å²) in [6.45, 7) is 5.29. The SMILES string of the molecule is CCCC(CN)N1c2ccccc2CC1C. The number of benzene rings is 1. The predicted molar refractivity (Wildman–Crippen MR) is 69.8 cm³/mol. The first-order chi connectivity index (χ1) is 7.77. The molecule has 16 heavy (non-hydrogen) atoms. The van der Waals surface area contributed by atoms with Gasteiger partial charge in [-0.3, -0.25) is 0 Å². The molecule has 2 heteroatoms. The molecule has 0 bridgehead atoms. The lowest BCUT2D eigenvalue weighted by Crippen LogP contribution is -2.43. The zero-order chi connectivity index (χ0) is 11.5. The van der Waals surface area contributed by atoms with Crippen LogP contribution in [0.4, 0.5) is 5.69 Å². The highest BCUT2D eigenvalue weighted by Gasteiger charge is 2.29. The predicted octanol–water partition coefficient (Wildman–Crippen LogP) is 2.57. The second-order valence-electron chi connectivity index (χ2n) is 4.77. The summed E-state index contributed by atoms with van der Waals surface area (Å²) in [5, 5.41) is 0. The lowest BCUT2D eigenvalue weighted by molar-refractivity contribution is 0.514. The van der Waals surface area contributed by atoms with Crippen LogP contribution in [0.3, 0.4) is 0 Å². The van der Waals surface area contributed by atoms with Gasteiger partial charge in [-0.15, -0.1) is 0 Å². The quantitative estimate of drug-likeness (QED) is 0.841. The van der Waals surface area contributed by atoms with E-state index in [9.17, 15) is 0 Å². The van der Waals surface area contributed by atoms with E-state index < -0.39 is 0 Å². The van der Waals surface area contributed by atoms with Gasteiger partial charge in [0, 0.05) is 24.3 Å². The number of para-hydroxylation sites is 1. The molecular formula is C14H22N2. The Morgan fingerprint density at radius 3 is 2.88 bits per heavy atom. The fourth-order valence-corrected chi connectivity index (χ4v) is 2.85. The number of nitrogens with two attached hydrogens (primary N) is 1. The van der Waals surface area contributed by atoms with Crippen LogP contribution in [0.1, 0.15) is 32.3 Å². The molecular weight excluding hydrogens is 196 g/mol. The molecule has 1 aliphatic heterocycles. The molecule has 0 amide bonds. The van der Waals surface area contributed by atoms with Gasteiger partial charge in [0.25, 0.3) is 0 Å². The van der Waals surface area contributed by atoms with Crippen molar-refractivity contribution in [3.8, 4) is 0 Å². The number of fused-ring (bicyclic) bond motifs is 1. The van der Waals surface area contributed by atoms with Crippen LogP contribution in [-0.2, 0) is 6.42 Å². The van der Waals surface area contributed by atoms with Crippen LogP contribution in [-0.4, -0.2) is 18.6 Å². The van der Waals surface area contributed by atoms with E-state index in [1.165, 1.54) is 24.1 Å². The number of anilines is 1. The highest BCUT2D eigenvalue weighted by molar-refractivity contribution is 5.60. The minimum Gasteiger partial charge on any atom is -0.364 e. The summed E-state index contributed by atoms with van der Waals surface area (Å²) in [7, 11) is 0. The molecule has 0 saturated carbocycles. The first-order valence-corrected chi connectivity index (χ1v) is 6.34. The Balaban J connectivity index is 2.26. The third kappa shape index (κ3) is 1.94. The van der Waals surface area contributed by atoms with E-state index in [-0.39, 0.29) is 0 Å². The number of hydrogen-bond donors (Lipinski definition) is 1. The van der Waals surface area contributed by atoms with Crippen molar-refractivity contribution in [1.82, 2.24) is 0 Å². The molecule has 0 fully saturated rings. The van der Waals surface area contributed by atoms with Gasteiger partial charge in [0.05, 0.1) is 0 Å². The normalized spacial score (nSPS) is 20.9. The maximum Gasteiger partial charge on any atom is 0.0415 e. The van der Waals surface area contributed by atoms with Gasteiger partial charge in [-0.2, -0.15) is 0 Å². The number of nitrogens with zero attached hydrogens (tertiary/aromatic N) is 1. The third-order valence-electron chi connectivity index (χ3n) is 3.55. The van der Waals surface area contributed by atoms with Gasteiger partial charge in [-0.05, 0) is 31.4 Å². The molecule has 2 unspecified atom stereocenters. The van der Waals surface area contributed by atoms with Crippen LogP contribution in [0.25, 0.3) is 0 Å². The molecule has 0 saturated heterocycles. The van der Waals surface area contributed by atoms with Gasteiger partial charge in [0.2, 0.25) is 0 Å². The second kappa shape index (κ2) is 4.88. The standard InChI is InChI=1S/C14H22N2/c1-3-6-13(10-15)16-11(2)9-12-7-4-5-8-14(12)16/h4-5,7-8,11,13H,3,6,9-10,15H2,1-2H3. The maximum atomic E-state index is 5.92. The summed E-state index contributed by atoms with van der Waals surface area (Å²) < 4.78 is 0. The van der Waals surface area contributed by atoms with E-state index in [4.69, 9.17) is 5.73 Å². The van der Waals surface area contributed by atoms with Crippen LogP contribution in [0.2, 0.25) is 0 Å². The largest absolute Gasteiger partial charge is 0.364 e. The molecule has 0 aliphatic carbocycles. The Kier molecular flexibility index (Phi) is 3.49. The van der Waals surface area contributed by atoms with Crippen molar-refractivity contribution in [2.45, 2.75) is 45.2 Å². The Morgan fingerprint density at radius 1 is 1.44 bits per heavy atom. The molecule has 0 spiro atoms. The molecule has 2 nitrogen and oxygen atoms in total. The van der Waals surface area contributed by atoms with E-state index in [1.807, 2.05) is 0 Å². The van der Waals surface area contributed by atoms with Crippen molar-refractivity contribution in [1.29, 1.82) is 0 Å². The molecule has 1 aromatic carbocycles. The summed E-state index contributed by atoms with van der Waals surface area (Å²) >= 11 is 0. The zero-order valence-electron chi connectivity index (χ0n) is 10.3. The third-order valence-corrected chi connectivity index (χ3v) is 3.55. The number of hydrogen-bond acceptors (Lipinski definition) is 2. The fourth-order valence-electron chi connectivity index (χ4n) is 2.85. The summed E-state index contributed by atoms with van der Waals surface area (Å²) in [6.07, 6.45) is 3.55. The van der Waals surface area contributed by atoms with Gasteiger partial charge >= 0.3 is 0 Å². The van der Waals surface area contributed by atoms with Gasteiger partial charge in [-0.25, -0.2) is 0 Å². The molecule has 2 N–H and O–H groups in total. The van der Waals surface area contributed by atoms with Crippen molar-refractivity contribution in [3.63, 3.8) is 0 Å². The lowest BCUT2D eigenvalue weighted by atomic mass is 10.1. The smallest absolute Gasteiger partial charge is 0.0415 e. The maximum absolute atomic E-state index is 5.92. The van der Waals surface area contributed by atoms with Crippen LogP contribution in [0.15, 0.2) is 24.3 Å². The van der Waals surface area contributed by atoms with Gasteiger partial charge in [-0.1, -0.05) is 31.5 Å². The van der Waals surface area contributed by atoms with Crippen molar-refractivity contribution in [2.24, 2.45) is 5.73 Å². The van der Waals surface area contributed by atoms with Crippen LogP contribution >= 0.6 is 0 Å². The van der Waals surface area contributed by atoms with E-state index in [0.717, 1.165) is 13.0 Å². The minimum absolute atomic E-state index is 0.503. The summed E-state index contributed by atoms with van der Waals surface area (Å²) in [6, 6.07) is 9.83. The van der Waals surface area contributed by atoms with E-state index >= 15 is 0 Å². The van der Waals surface area contributed by atoms with Crippen molar-refractivity contribution >= 4 is 5.69 Å². The molecule has 1 heterocycles. The van der Waals surface area contributed by atoms with E-state index in [2.05, 4.69) is 43.0 Å². The van der Waals surface area contributed by atoms with Crippen LogP contribution in [0.5, 0.6) is 0 Å². The second-order valence-corrected chi connectivity index (χ2v) is 4.77. The van der Waals surface area contributed by atoms with Gasteiger partial charge in [0.15, 0.2) is 0 Å². The Labute approximate surface area is 98.4 Å². The zero-order valence-corrected chi connectivity index (χ0v) is 10.3. The molecule has 88 valence electrons. The molecule has 1 aliphatic rings. The first-order valence-electron chi connectivity index (χ1n) is 6.34. The Hall–Kier alpha value is -1.02. The molecule has 1 aromatic rings. The molecule has 0 aromatic heterocycles. The number of rotatable bonds is 4. The monoisotopic (exact) mass is 218 g/mol. The van der Waals surface area contributed by atoms with E-state index in [1.54, 1.807) is 0 Å². The highest BCUT2D eigenvalue weighted by atomic mass is 15.2. The Morgan fingerprint density at radius 2 is 2.19 bits per heavy atom. The topological polar surface area (TPSA) is 29.3 Å². The van der Waals surface area contributed by atoms with Gasteiger partial charge in [0.1, 0.15) is 0 Å². The molecule has 2 atom stereocenters. The molecule has 0 radical (unpaired) electrons. The minimum atomic E-state index is 0.503. The summed E-state index contributed by atoms with van der Waals surface area (Å²) in [5.74, 6) is 0. The summed E-state index contributed by atoms with van der Waals surface area (Å²) in [5.41, 5.74) is 8.79. The fraction of sp³-hybridized carbons (Fsp3) is 0.571. The van der Waals surface area contributed by atoms with Crippen molar-refractivity contribution in [2.75, 3.05) is 11.4 Å². The average Bonchev–Trinajstić information content (AvgIpc) is 2.62. The Bertz CT molecular complexity index is 348. The first kappa shape index (κ1) is 11.5. The van der Waals surface area contributed by atoms with Crippen LogP contribution in [0, 0.1) is 0 Å². The van der Waals surface area contributed by atoms with Crippen molar-refractivity contribution < 1.29 is 0 Å². The van der Waals surface area contributed by atoms with Crippen LogP contribution < -0.4 is 10.6 Å². The highest BCUT2D eigenvalue weighted by Crippen LogP contribution is 2.34. The summed E-state index contributed by atoms with van der Waals surface area (Å²) in [4.78, 5) is 2.53. The lowest BCUT2D eigenvalue weighted by Gasteiger charge is -2.33. The average molecular weight is 218 g/mol. The van der Waals surface area contributed by atoms with Gasteiger partial charge < -0.3 is 10.6 Å². The van der Waals surface area contributed by atoms with E-state index in [0.29, 0.717) is 12.1 Å². The van der Waals surface area contributed by atoms with Crippen molar-refractivity contribution in [3.05, 3.63) is 29.8 Å². The molecule has 2 rings (SSSR count).